The monoisotopic (exact) mass is 355 g/mol. The van der Waals surface area contributed by atoms with Crippen molar-refractivity contribution in [2.24, 2.45) is 0 Å². The number of rotatable bonds is 5. The predicted octanol–water partition coefficient (Wildman–Crippen LogP) is 2.92. The van der Waals surface area contributed by atoms with Crippen LogP contribution in [-0.2, 0) is 9.53 Å². The smallest absolute Gasteiger partial charge is 0.269 e. The van der Waals surface area contributed by atoms with E-state index in [1.165, 1.54) is 12.1 Å². The highest BCUT2D eigenvalue weighted by Gasteiger charge is 2.29. The minimum Gasteiger partial charge on any atom is -0.379 e. The largest absolute Gasteiger partial charge is 0.379 e. The molecule has 1 N–H and O–H groups in total. The maximum absolute atomic E-state index is 13.1. The maximum atomic E-state index is 13.1. The van der Waals surface area contributed by atoms with Crippen LogP contribution in [0.5, 0.6) is 0 Å². The molecule has 136 valence electrons. The highest BCUT2D eigenvalue weighted by atomic mass is 16.6. The molecule has 0 aliphatic carbocycles. The molecular formula is C19H21N3O4. The Morgan fingerprint density at radius 3 is 2.42 bits per heavy atom. The third-order valence-electron chi connectivity index (χ3n) is 4.48. The van der Waals surface area contributed by atoms with Crippen molar-refractivity contribution in [2.45, 2.75) is 13.0 Å². The fourth-order valence-corrected chi connectivity index (χ4v) is 3.06. The number of morpholine rings is 1. The summed E-state index contributed by atoms with van der Waals surface area (Å²) in [6.45, 7) is 4.30. The van der Waals surface area contributed by atoms with Gasteiger partial charge in [-0.1, -0.05) is 30.3 Å². The summed E-state index contributed by atoms with van der Waals surface area (Å²) in [6.07, 6.45) is 0. The van der Waals surface area contributed by atoms with Gasteiger partial charge in [0.25, 0.3) is 5.69 Å². The molecule has 2 aromatic carbocycles. The van der Waals surface area contributed by atoms with Gasteiger partial charge >= 0.3 is 0 Å². The molecule has 26 heavy (non-hydrogen) atoms. The zero-order valence-corrected chi connectivity index (χ0v) is 14.6. The molecule has 1 aliphatic heterocycles. The molecule has 3 rings (SSSR count). The summed E-state index contributed by atoms with van der Waals surface area (Å²) < 4.78 is 5.39. The molecule has 0 radical (unpaired) electrons. The van der Waals surface area contributed by atoms with E-state index in [1.54, 1.807) is 12.1 Å². The summed E-state index contributed by atoms with van der Waals surface area (Å²) in [4.78, 5) is 25.5. The second-order valence-corrected chi connectivity index (χ2v) is 6.20. The number of anilines is 1. The summed E-state index contributed by atoms with van der Waals surface area (Å²) >= 11 is 0. The molecule has 0 saturated carbocycles. The molecule has 1 aliphatic rings. The number of carbonyl (C=O) groups is 1. The van der Waals surface area contributed by atoms with Crippen molar-refractivity contribution in [2.75, 3.05) is 31.6 Å². The molecule has 0 bridgehead atoms. The van der Waals surface area contributed by atoms with E-state index in [9.17, 15) is 14.9 Å². The van der Waals surface area contributed by atoms with E-state index in [2.05, 4.69) is 5.32 Å². The zero-order chi connectivity index (χ0) is 18.5. The van der Waals surface area contributed by atoms with E-state index in [0.29, 0.717) is 26.3 Å². The van der Waals surface area contributed by atoms with Crippen LogP contribution in [-0.4, -0.2) is 42.0 Å². The summed E-state index contributed by atoms with van der Waals surface area (Å²) in [7, 11) is 0. The molecule has 7 nitrogen and oxygen atoms in total. The minimum absolute atomic E-state index is 0.00814. The third kappa shape index (κ3) is 4.07. The molecule has 1 amide bonds. The fraction of sp³-hybridized carbons (Fsp3) is 0.316. The number of aryl methyl sites for hydroxylation is 1. The number of benzene rings is 2. The SMILES string of the molecule is Cc1ccccc1NC(=O)[C@@H](c1ccc([N+](=O)[O-])cc1)N1CCOCC1. The lowest BCUT2D eigenvalue weighted by Gasteiger charge is -2.33. The van der Waals surface area contributed by atoms with Gasteiger partial charge in [0, 0.05) is 30.9 Å². The van der Waals surface area contributed by atoms with Crippen LogP contribution in [0.2, 0.25) is 0 Å². The maximum Gasteiger partial charge on any atom is 0.269 e. The van der Waals surface area contributed by atoms with Crippen molar-refractivity contribution < 1.29 is 14.5 Å². The van der Waals surface area contributed by atoms with Gasteiger partial charge in [-0.2, -0.15) is 0 Å². The number of nitrogens with one attached hydrogen (secondary N) is 1. The Morgan fingerprint density at radius 1 is 1.15 bits per heavy atom. The van der Waals surface area contributed by atoms with Crippen LogP contribution < -0.4 is 5.32 Å². The normalized spacial score (nSPS) is 16.0. The Bertz CT molecular complexity index is 786. The zero-order valence-electron chi connectivity index (χ0n) is 14.6. The number of hydrogen-bond acceptors (Lipinski definition) is 5. The van der Waals surface area contributed by atoms with E-state index < -0.39 is 11.0 Å². The van der Waals surface area contributed by atoms with Crippen LogP contribution in [0.1, 0.15) is 17.2 Å². The first-order chi connectivity index (χ1) is 12.6. The average molecular weight is 355 g/mol. The molecule has 0 spiro atoms. The van der Waals surface area contributed by atoms with Crippen molar-refractivity contribution in [3.05, 3.63) is 69.8 Å². The van der Waals surface area contributed by atoms with Crippen LogP contribution in [0.3, 0.4) is 0 Å². The van der Waals surface area contributed by atoms with Gasteiger partial charge < -0.3 is 10.1 Å². The Labute approximate surface area is 151 Å². The van der Waals surface area contributed by atoms with Gasteiger partial charge in [-0.15, -0.1) is 0 Å². The molecule has 7 heteroatoms. The van der Waals surface area contributed by atoms with Crippen LogP contribution in [0.4, 0.5) is 11.4 Å². The van der Waals surface area contributed by atoms with Crippen molar-refractivity contribution in [1.82, 2.24) is 4.90 Å². The lowest BCUT2D eigenvalue weighted by Crippen LogP contribution is -2.44. The van der Waals surface area contributed by atoms with Gasteiger partial charge in [-0.25, -0.2) is 0 Å². The van der Waals surface area contributed by atoms with E-state index in [4.69, 9.17) is 4.74 Å². The van der Waals surface area contributed by atoms with Gasteiger partial charge in [0.1, 0.15) is 6.04 Å². The van der Waals surface area contributed by atoms with E-state index in [0.717, 1.165) is 16.8 Å². The van der Waals surface area contributed by atoms with Crippen LogP contribution in [0.15, 0.2) is 48.5 Å². The molecule has 0 aromatic heterocycles. The fourth-order valence-electron chi connectivity index (χ4n) is 3.06. The van der Waals surface area contributed by atoms with E-state index in [1.807, 2.05) is 36.1 Å². The quantitative estimate of drug-likeness (QED) is 0.658. The highest BCUT2D eigenvalue weighted by Crippen LogP contribution is 2.26. The molecule has 1 atom stereocenters. The molecule has 1 saturated heterocycles. The van der Waals surface area contributed by atoms with Crippen molar-refractivity contribution in [3.63, 3.8) is 0 Å². The molecule has 2 aromatic rings. The number of amides is 1. The lowest BCUT2D eigenvalue weighted by molar-refractivity contribution is -0.384. The van der Waals surface area contributed by atoms with Crippen LogP contribution >= 0.6 is 0 Å². The number of nitro benzene ring substituents is 1. The Hall–Kier alpha value is -2.77. The number of carbonyl (C=O) groups excluding carboxylic acids is 1. The van der Waals surface area contributed by atoms with E-state index in [-0.39, 0.29) is 11.6 Å². The number of ether oxygens (including phenoxy) is 1. The van der Waals surface area contributed by atoms with Gasteiger partial charge in [0.2, 0.25) is 5.91 Å². The highest BCUT2D eigenvalue weighted by molar-refractivity contribution is 5.96. The van der Waals surface area contributed by atoms with E-state index >= 15 is 0 Å². The molecule has 1 heterocycles. The number of hydrogen-bond donors (Lipinski definition) is 1. The molecule has 1 fully saturated rings. The predicted molar refractivity (Wildman–Crippen MR) is 98.0 cm³/mol. The van der Waals surface area contributed by atoms with Gasteiger partial charge in [0.15, 0.2) is 0 Å². The second-order valence-electron chi connectivity index (χ2n) is 6.20. The molecular weight excluding hydrogens is 334 g/mol. The number of nitro groups is 1. The second kappa shape index (κ2) is 8.07. The van der Waals surface area contributed by atoms with Crippen molar-refractivity contribution in [3.8, 4) is 0 Å². The summed E-state index contributed by atoms with van der Waals surface area (Å²) in [5.74, 6) is -0.157. The van der Waals surface area contributed by atoms with Gasteiger partial charge in [-0.3, -0.25) is 19.8 Å². The number of nitrogens with zero attached hydrogens (tertiary/aromatic N) is 2. The third-order valence-corrected chi connectivity index (χ3v) is 4.48. The number of non-ortho nitro benzene ring substituents is 1. The summed E-state index contributed by atoms with van der Waals surface area (Å²) in [5, 5.41) is 13.9. The lowest BCUT2D eigenvalue weighted by atomic mass is 10.0. The Kier molecular flexibility index (Phi) is 5.60. The minimum atomic E-state index is -0.528. The molecule has 0 unspecified atom stereocenters. The number of para-hydroxylation sites is 1. The average Bonchev–Trinajstić information content (AvgIpc) is 2.65. The Balaban J connectivity index is 1.88. The van der Waals surface area contributed by atoms with Crippen LogP contribution in [0, 0.1) is 17.0 Å². The van der Waals surface area contributed by atoms with Crippen molar-refractivity contribution >= 4 is 17.3 Å². The first kappa shape index (κ1) is 18.0. The topological polar surface area (TPSA) is 84.7 Å². The first-order valence-corrected chi connectivity index (χ1v) is 8.49. The first-order valence-electron chi connectivity index (χ1n) is 8.49. The summed E-state index contributed by atoms with van der Waals surface area (Å²) in [5.41, 5.74) is 2.47. The standard InChI is InChI=1S/C19H21N3O4/c1-14-4-2-3-5-17(14)20-19(23)18(21-10-12-26-13-11-21)15-6-8-16(9-7-15)22(24)25/h2-9,18H,10-13H2,1H3,(H,20,23)/t18-/m1/s1. The van der Waals surface area contributed by atoms with Crippen LogP contribution in [0.25, 0.3) is 0 Å². The van der Waals surface area contributed by atoms with Crippen molar-refractivity contribution in [1.29, 1.82) is 0 Å². The summed E-state index contributed by atoms with van der Waals surface area (Å²) in [6, 6.07) is 13.2. The Morgan fingerprint density at radius 2 is 1.81 bits per heavy atom. The van der Waals surface area contributed by atoms with Gasteiger partial charge in [-0.05, 0) is 24.1 Å². The van der Waals surface area contributed by atoms with Gasteiger partial charge in [0.05, 0.1) is 18.1 Å².